The van der Waals surface area contributed by atoms with Crippen LogP contribution in [0.3, 0.4) is 0 Å². The van der Waals surface area contributed by atoms with E-state index in [0.29, 0.717) is 34.0 Å². The molecular weight excluding hydrogens is 376 g/mol. The summed E-state index contributed by atoms with van der Waals surface area (Å²) in [6.45, 7) is 4.93. The summed E-state index contributed by atoms with van der Waals surface area (Å²) in [7, 11) is 1.55. The van der Waals surface area contributed by atoms with E-state index in [2.05, 4.69) is 0 Å². The Kier molecular flexibility index (Phi) is 6.07. The molecule has 0 aliphatic rings. The third kappa shape index (κ3) is 4.87. The van der Waals surface area contributed by atoms with Crippen molar-refractivity contribution >= 4 is 16.9 Å². The lowest BCUT2D eigenvalue weighted by Crippen LogP contribution is -2.18. The Hall–Kier alpha value is -3.48. The lowest BCUT2D eigenvalue weighted by molar-refractivity contribution is -0.149. The lowest BCUT2D eigenvalue weighted by Gasteiger charge is -2.11. The molecule has 7 heteroatoms. The second kappa shape index (κ2) is 8.68. The van der Waals surface area contributed by atoms with Crippen LogP contribution >= 0.6 is 0 Å². The van der Waals surface area contributed by atoms with Gasteiger partial charge in [-0.3, -0.25) is 4.79 Å². The number of ether oxygens (including phenoxy) is 4. The van der Waals surface area contributed by atoms with Gasteiger partial charge >= 0.3 is 5.97 Å². The number of methoxy groups -OCH3 is 1. The first-order valence-corrected chi connectivity index (χ1v) is 9.09. The Bertz CT molecular complexity index is 1080. The van der Waals surface area contributed by atoms with Gasteiger partial charge in [0.15, 0.2) is 6.61 Å². The van der Waals surface area contributed by atoms with Crippen LogP contribution < -0.4 is 19.6 Å². The lowest BCUT2D eigenvalue weighted by atomic mass is 10.2. The molecule has 1 aromatic heterocycles. The molecule has 0 fully saturated rings. The molecule has 7 nitrogen and oxygen atoms in total. The highest BCUT2D eigenvalue weighted by molar-refractivity contribution is 5.80. The summed E-state index contributed by atoms with van der Waals surface area (Å²) in [5.74, 6) is 1.41. The summed E-state index contributed by atoms with van der Waals surface area (Å²) in [6, 6.07) is 11.7. The number of hydrogen-bond donors (Lipinski definition) is 0. The largest absolute Gasteiger partial charge is 0.497 e. The molecule has 0 radical (unpaired) electrons. The fourth-order valence-corrected chi connectivity index (χ4v) is 2.70. The first kappa shape index (κ1) is 20.3. The molecule has 0 amide bonds. The van der Waals surface area contributed by atoms with Crippen LogP contribution in [-0.4, -0.2) is 25.8 Å². The smallest absolute Gasteiger partial charge is 0.344 e. The van der Waals surface area contributed by atoms with E-state index >= 15 is 0 Å². The Morgan fingerprint density at radius 1 is 1.07 bits per heavy atom. The van der Waals surface area contributed by atoms with E-state index in [1.165, 1.54) is 0 Å². The van der Waals surface area contributed by atoms with Crippen molar-refractivity contribution in [2.45, 2.75) is 26.9 Å². The Labute approximate surface area is 167 Å². The summed E-state index contributed by atoms with van der Waals surface area (Å²) in [5, 5.41) is 0.339. The maximum Gasteiger partial charge on any atom is 0.344 e. The molecule has 3 aromatic rings. The van der Waals surface area contributed by atoms with Gasteiger partial charge in [0.2, 0.25) is 11.2 Å². The van der Waals surface area contributed by atoms with Gasteiger partial charge in [0.1, 0.15) is 28.6 Å². The van der Waals surface area contributed by atoms with Crippen LogP contribution in [0.4, 0.5) is 0 Å². The predicted molar refractivity (Wildman–Crippen MR) is 107 cm³/mol. The number of carbonyl (C=O) groups excluding carboxylic acids is 1. The molecule has 1 heterocycles. The Balaban J connectivity index is 1.85. The van der Waals surface area contributed by atoms with Crippen molar-refractivity contribution in [3.63, 3.8) is 0 Å². The topological polar surface area (TPSA) is 84.2 Å². The predicted octanol–water partition coefficient (Wildman–Crippen LogP) is 4.23. The summed E-state index contributed by atoms with van der Waals surface area (Å²) in [6.07, 6.45) is -0.216. The maximum atomic E-state index is 12.9. The maximum absolute atomic E-state index is 12.9. The van der Waals surface area contributed by atoms with Crippen molar-refractivity contribution in [1.29, 1.82) is 0 Å². The highest BCUT2D eigenvalue weighted by Crippen LogP contribution is 2.28. The minimum absolute atomic E-state index is 0.0972. The molecule has 0 aliphatic heterocycles. The molecule has 0 unspecified atom stereocenters. The standard InChI is InChI=1S/C22H22O7/c1-13(2)27-20(23)12-26-16-8-9-18-19(11-16)28-14(3)22(21(18)24)29-17-7-5-6-15(10-17)25-4/h5-11,13H,12H2,1-4H3. The van der Waals surface area contributed by atoms with Crippen LogP contribution in [0, 0.1) is 6.92 Å². The molecule has 3 rings (SSSR count). The van der Waals surface area contributed by atoms with Gasteiger partial charge in [-0.1, -0.05) is 6.07 Å². The van der Waals surface area contributed by atoms with E-state index in [1.807, 2.05) is 0 Å². The van der Waals surface area contributed by atoms with Gasteiger partial charge in [-0.2, -0.15) is 0 Å². The Morgan fingerprint density at radius 3 is 2.55 bits per heavy atom. The van der Waals surface area contributed by atoms with Crippen molar-refractivity contribution < 1.29 is 28.2 Å². The minimum atomic E-state index is -0.472. The molecule has 29 heavy (non-hydrogen) atoms. The minimum Gasteiger partial charge on any atom is -0.497 e. The monoisotopic (exact) mass is 398 g/mol. The molecule has 0 N–H and O–H groups in total. The number of esters is 1. The van der Waals surface area contributed by atoms with Crippen molar-refractivity contribution in [2.24, 2.45) is 0 Å². The highest BCUT2D eigenvalue weighted by Gasteiger charge is 2.15. The number of carbonyl (C=O) groups is 1. The third-order valence-electron chi connectivity index (χ3n) is 3.97. The number of aryl methyl sites for hydroxylation is 1. The average Bonchev–Trinajstić information content (AvgIpc) is 2.69. The molecule has 152 valence electrons. The van der Waals surface area contributed by atoms with E-state index in [9.17, 15) is 9.59 Å². The molecule has 0 saturated carbocycles. The first-order valence-electron chi connectivity index (χ1n) is 9.09. The SMILES string of the molecule is COc1cccc(Oc2c(C)oc3cc(OCC(=O)OC(C)C)ccc3c2=O)c1. The van der Waals surface area contributed by atoms with Gasteiger partial charge in [-0.15, -0.1) is 0 Å². The molecule has 0 spiro atoms. The molecule has 0 saturated heterocycles. The van der Waals surface area contributed by atoms with Crippen LogP contribution in [0.2, 0.25) is 0 Å². The van der Waals surface area contributed by atoms with Gasteiger partial charge in [0, 0.05) is 12.1 Å². The van der Waals surface area contributed by atoms with Gasteiger partial charge < -0.3 is 23.4 Å². The third-order valence-corrected chi connectivity index (χ3v) is 3.97. The molecule has 0 bridgehead atoms. The second-order valence-corrected chi connectivity index (χ2v) is 6.58. The fourth-order valence-electron chi connectivity index (χ4n) is 2.70. The van der Waals surface area contributed by atoms with Gasteiger partial charge in [-0.05, 0) is 45.0 Å². The summed E-state index contributed by atoms with van der Waals surface area (Å²) in [5.41, 5.74) is 0.0255. The van der Waals surface area contributed by atoms with Crippen molar-refractivity contribution in [3.05, 3.63) is 58.4 Å². The molecule has 0 atom stereocenters. The number of rotatable bonds is 7. The fraction of sp³-hybridized carbons (Fsp3) is 0.273. The normalized spacial score (nSPS) is 10.8. The highest BCUT2D eigenvalue weighted by atomic mass is 16.6. The zero-order valence-electron chi connectivity index (χ0n) is 16.7. The van der Waals surface area contributed by atoms with Crippen LogP contribution in [-0.2, 0) is 9.53 Å². The van der Waals surface area contributed by atoms with Gasteiger partial charge in [0.25, 0.3) is 0 Å². The number of hydrogen-bond acceptors (Lipinski definition) is 7. The zero-order valence-corrected chi connectivity index (χ0v) is 16.7. The number of fused-ring (bicyclic) bond motifs is 1. The average molecular weight is 398 g/mol. The van der Waals surface area contributed by atoms with Crippen molar-refractivity contribution in [2.75, 3.05) is 13.7 Å². The Morgan fingerprint density at radius 2 is 1.83 bits per heavy atom. The van der Waals surface area contributed by atoms with E-state index in [1.54, 1.807) is 70.3 Å². The van der Waals surface area contributed by atoms with Gasteiger partial charge in [-0.25, -0.2) is 4.79 Å². The van der Waals surface area contributed by atoms with E-state index in [-0.39, 0.29) is 23.9 Å². The summed E-state index contributed by atoms with van der Waals surface area (Å²) < 4.78 is 27.1. The zero-order chi connectivity index (χ0) is 21.0. The summed E-state index contributed by atoms with van der Waals surface area (Å²) in [4.78, 5) is 24.5. The second-order valence-electron chi connectivity index (χ2n) is 6.58. The van der Waals surface area contributed by atoms with E-state index in [4.69, 9.17) is 23.4 Å². The van der Waals surface area contributed by atoms with Gasteiger partial charge in [0.05, 0.1) is 18.6 Å². The molecular formula is C22H22O7. The first-order chi connectivity index (χ1) is 13.9. The van der Waals surface area contributed by atoms with Crippen LogP contribution in [0.1, 0.15) is 19.6 Å². The number of benzene rings is 2. The van der Waals surface area contributed by atoms with Crippen molar-refractivity contribution in [3.8, 4) is 23.0 Å². The van der Waals surface area contributed by atoms with Crippen molar-refractivity contribution in [1.82, 2.24) is 0 Å². The van der Waals surface area contributed by atoms with E-state index in [0.717, 1.165) is 0 Å². The molecule has 0 aliphatic carbocycles. The quantitative estimate of drug-likeness (QED) is 0.551. The van der Waals surface area contributed by atoms with Crippen LogP contribution in [0.15, 0.2) is 51.7 Å². The van der Waals surface area contributed by atoms with Crippen LogP contribution in [0.5, 0.6) is 23.0 Å². The van der Waals surface area contributed by atoms with Crippen LogP contribution in [0.25, 0.3) is 11.0 Å². The van der Waals surface area contributed by atoms with E-state index < -0.39 is 5.97 Å². The molecule has 2 aromatic carbocycles. The summed E-state index contributed by atoms with van der Waals surface area (Å²) >= 11 is 0.